The number of nitrogens with zero attached hydrogens (tertiary/aromatic N) is 1. The Bertz CT molecular complexity index is 1100. The van der Waals surface area contributed by atoms with Gasteiger partial charge in [-0.25, -0.2) is 4.79 Å². The molecule has 6 aliphatic rings. The number of aliphatic hydroxyl groups excluding tert-OH is 2. The number of esters is 1. The van der Waals surface area contributed by atoms with Crippen molar-refractivity contribution in [3.05, 3.63) is 24.3 Å². The Kier molecular flexibility index (Phi) is 7.56. The normalized spacial score (nSPS) is 51.5. The van der Waals surface area contributed by atoms with E-state index in [-0.39, 0.29) is 41.7 Å². The number of carbonyl (C=O) groups is 1. The number of carbonyl (C=O) groups excluding carboxylic acids is 1. The van der Waals surface area contributed by atoms with E-state index in [0.717, 1.165) is 24.8 Å². The standard InChI is InChI=1S/C32H47NO8/c1-4-13-33-18-30-10-5-21(41-27-15-25(34)28(36)19(2)40-27)16-31(30,37)11-7-24-23(30)6-9-29(3)22(8-12-32(24,29)38)20-14-26(35)39-17-20/h4,14,18-19,21-25,27-28,34,36-38H,1,5-13,15-17H2,2-3H3/t19?,21-,22+,23-,24+,25?,27?,28?,29+,30-,31-,32-/m0/s1. The Morgan fingerprint density at radius 1 is 1.12 bits per heavy atom. The summed E-state index contributed by atoms with van der Waals surface area (Å²) in [6.45, 7) is 8.54. The summed E-state index contributed by atoms with van der Waals surface area (Å²) in [5.74, 6) is -0.101. The third kappa shape index (κ3) is 4.49. The first-order valence-corrected chi connectivity index (χ1v) is 15.6. The average Bonchev–Trinajstić information content (AvgIpc) is 3.47. The van der Waals surface area contributed by atoms with Crippen LogP contribution in [0.2, 0.25) is 0 Å². The van der Waals surface area contributed by atoms with Crippen molar-refractivity contribution in [3.63, 3.8) is 0 Å². The third-order valence-corrected chi connectivity index (χ3v) is 12.2. The van der Waals surface area contributed by atoms with Crippen molar-refractivity contribution in [1.29, 1.82) is 0 Å². The van der Waals surface area contributed by atoms with Crippen molar-refractivity contribution < 1.29 is 39.4 Å². The molecule has 6 rings (SSSR count). The Labute approximate surface area is 242 Å². The van der Waals surface area contributed by atoms with Crippen LogP contribution in [-0.4, -0.2) is 87.7 Å². The summed E-state index contributed by atoms with van der Waals surface area (Å²) >= 11 is 0. The van der Waals surface area contributed by atoms with Gasteiger partial charge in [-0.2, -0.15) is 0 Å². The van der Waals surface area contributed by atoms with Gasteiger partial charge in [-0.15, -0.1) is 6.58 Å². The summed E-state index contributed by atoms with van der Waals surface area (Å²) in [4.78, 5) is 16.6. The zero-order valence-electron chi connectivity index (χ0n) is 24.4. The average molecular weight is 574 g/mol. The molecule has 4 saturated carbocycles. The zero-order valence-corrected chi connectivity index (χ0v) is 24.4. The summed E-state index contributed by atoms with van der Waals surface area (Å²) in [7, 11) is 0. The third-order valence-electron chi connectivity index (χ3n) is 12.2. The van der Waals surface area contributed by atoms with Crippen molar-refractivity contribution in [1.82, 2.24) is 0 Å². The van der Waals surface area contributed by atoms with Gasteiger partial charge < -0.3 is 34.6 Å². The molecule has 4 unspecified atom stereocenters. The van der Waals surface area contributed by atoms with Gasteiger partial charge in [-0.05, 0) is 81.6 Å². The first kappa shape index (κ1) is 29.5. The van der Waals surface area contributed by atoms with E-state index in [1.165, 1.54) is 0 Å². The van der Waals surface area contributed by atoms with Crippen LogP contribution in [0.5, 0.6) is 0 Å². The number of hydrogen-bond acceptors (Lipinski definition) is 9. The molecule has 0 aromatic carbocycles. The fraction of sp³-hybridized carbons (Fsp3) is 0.812. The van der Waals surface area contributed by atoms with Gasteiger partial charge in [0.2, 0.25) is 0 Å². The fourth-order valence-corrected chi connectivity index (χ4v) is 10.1. The zero-order chi connectivity index (χ0) is 29.2. The second-order valence-electron chi connectivity index (χ2n) is 14.0. The second kappa shape index (κ2) is 10.5. The maximum Gasteiger partial charge on any atom is 0.331 e. The van der Waals surface area contributed by atoms with Gasteiger partial charge in [0.1, 0.15) is 12.7 Å². The van der Waals surface area contributed by atoms with Crippen molar-refractivity contribution >= 4 is 12.2 Å². The molecule has 1 saturated heterocycles. The molecule has 4 N–H and O–H groups in total. The predicted molar refractivity (Wildman–Crippen MR) is 151 cm³/mol. The molecule has 12 atom stereocenters. The maximum absolute atomic E-state index is 12.6. The molecular weight excluding hydrogens is 526 g/mol. The summed E-state index contributed by atoms with van der Waals surface area (Å²) in [5.41, 5.74) is -1.91. The number of ether oxygens (including phenoxy) is 3. The van der Waals surface area contributed by atoms with E-state index in [4.69, 9.17) is 19.2 Å². The van der Waals surface area contributed by atoms with Crippen LogP contribution in [0.1, 0.15) is 78.1 Å². The number of cyclic esters (lactones) is 1. The maximum atomic E-state index is 12.6. The molecule has 0 aromatic heterocycles. The van der Waals surface area contributed by atoms with Crippen molar-refractivity contribution in [2.24, 2.45) is 33.6 Å². The highest BCUT2D eigenvalue weighted by Gasteiger charge is 2.71. The summed E-state index contributed by atoms with van der Waals surface area (Å²) in [5, 5.41) is 45.4. The summed E-state index contributed by atoms with van der Waals surface area (Å²) in [6, 6.07) is 0. The molecular formula is C32H47NO8. The van der Waals surface area contributed by atoms with Gasteiger partial charge >= 0.3 is 5.97 Å². The number of rotatable bonds is 6. The van der Waals surface area contributed by atoms with E-state index in [2.05, 4.69) is 13.5 Å². The molecule has 0 amide bonds. The summed E-state index contributed by atoms with van der Waals surface area (Å²) in [6.07, 6.45) is 8.52. The lowest BCUT2D eigenvalue weighted by molar-refractivity contribution is -0.282. The molecule has 0 spiro atoms. The molecule has 2 heterocycles. The van der Waals surface area contributed by atoms with Crippen LogP contribution >= 0.6 is 0 Å². The molecule has 5 fully saturated rings. The Morgan fingerprint density at radius 2 is 1.90 bits per heavy atom. The largest absolute Gasteiger partial charge is 0.458 e. The quantitative estimate of drug-likeness (QED) is 0.165. The van der Waals surface area contributed by atoms with Gasteiger partial charge in [0, 0.05) is 36.0 Å². The Balaban J connectivity index is 1.26. The van der Waals surface area contributed by atoms with Gasteiger partial charge in [-0.3, -0.25) is 4.99 Å². The van der Waals surface area contributed by atoms with E-state index in [1.807, 2.05) is 6.21 Å². The number of aliphatic hydroxyl groups is 4. The van der Waals surface area contributed by atoms with Crippen LogP contribution in [0.25, 0.3) is 0 Å². The SMILES string of the molecule is C=CCN=C[C@]12CC[C@H](OC3CC(O)C(O)C(C)O3)C[C@@]1(O)CC[C@@H]1[C@@H]2CC[C@]2(C)[C@@H](C3=CC(=O)OC3)CC[C@]12O. The topological polar surface area (TPSA) is 138 Å². The second-order valence-corrected chi connectivity index (χ2v) is 14.0. The molecule has 2 aliphatic heterocycles. The minimum absolute atomic E-state index is 0.0111. The lowest BCUT2D eigenvalue weighted by Crippen LogP contribution is -2.69. The minimum atomic E-state index is -1.06. The van der Waals surface area contributed by atoms with Gasteiger partial charge in [0.15, 0.2) is 6.29 Å². The Morgan fingerprint density at radius 3 is 2.61 bits per heavy atom. The fourth-order valence-electron chi connectivity index (χ4n) is 10.1. The number of aliphatic imine (C=N–C) groups is 1. The smallest absolute Gasteiger partial charge is 0.331 e. The summed E-state index contributed by atoms with van der Waals surface area (Å²) < 4.78 is 17.4. The van der Waals surface area contributed by atoms with E-state index < -0.39 is 41.2 Å². The van der Waals surface area contributed by atoms with Gasteiger partial charge in [0.25, 0.3) is 0 Å². The van der Waals surface area contributed by atoms with Crippen molar-refractivity contribution in [2.45, 2.75) is 120 Å². The van der Waals surface area contributed by atoms with Crippen LogP contribution in [0.15, 0.2) is 29.3 Å². The van der Waals surface area contributed by atoms with Crippen LogP contribution in [0, 0.1) is 28.6 Å². The van der Waals surface area contributed by atoms with E-state index >= 15 is 0 Å². The van der Waals surface area contributed by atoms with Crippen LogP contribution in [0.4, 0.5) is 0 Å². The lowest BCUT2D eigenvalue weighted by Gasteiger charge is -2.66. The van der Waals surface area contributed by atoms with Crippen molar-refractivity contribution in [2.75, 3.05) is 13.2 Å². The van der Waals surface area contributed by atoms with Gasteiger partial charge in [0.05, 0.1) is 36.1 Å². The molecule has 4 aliphatic carbocycles. The van der Waals surface area contributed by atoms with E-state index in [1.54, 1.807) is 19.1 Å². The first-order valence-electron chi connectivity index (χ1n) is 15.6. The van der Waals surface area contributed by atoms with Crippen molar-refractivity contribution in [3.8, 4) is 0 Å². The molecule has 228 valence electrons. The highest BCUT2D eigenvalue weighted by molar-refractivity contribution is 5.85. The van der Waals surface area contributed by atoms with E-state index in [0.29, 0.717) is 51.7 Å². The van der Waals surface area contributed by atoms with Crippen LogP contribution in [-0.2, 0) is 19.0 Å². The monoisotopic (exact) mass is 573 g/mol. The molecule has 9 heteroatoms. The highest BCUT2D eigenvalue weighted by Crippen LogP contribution is 2.70. The molecule has 0 radical (unpaired) electrons. The lowest BCUT2D eigenvalue weighted by atomic mass is 9.41. The predicted octanol–water partition coefficient (Wildman–Crippen LogP) is 2.84. The van der Waals surface area contributed by atoms with Crippen LogP contribution in [0.3, 0.4) is 0 Å². The minimum Gasteiger partial charge on any atom is -0.458 e. The molecule has 0 bridgehead atoms. The number of fused-ring (bicyclic) bond motifs is 5. The molecule has 0 aromatic rings. The Hall–Kier alpha value is -1.62. The first-order chi connectivity index (χ1) is 19.5. The van der Waals surface area contributed by atoms with Crippen LogP contribution < -0.4 is 0 Å². The highest BCUT2D eigenvalue weighted by atomic mass is 16.7. The molecule has 41 heavy (non-hydrogen) atoms. The number of hydrogen-bond donors (Lipinski definition) is 4. The molecule has 9 nitrogen and oxygen atoms in total. The van der Waals surface area contributed by atoms with Gasteiger partial charge in [-0.1, -0.05) is 13.0 Å². The van der Waals surface area contributed by atoms with E-state index in [9.17, 15) is 25.2 Å².